The number of hydrogen-bond acceptors (Lipinski definition) is 1. The molecule has 2 aromatic carbocycles. The summed E-state index contributed by atoms with van der Waals surface area (Å²) in [6.07, 6.45) is -2.44. The number of benzene rings is 2. The standard InChI is InChI=1S/C15H14ClF2N/c1-10-13(16)6-3-7-14(10)19-9-11-4-2-5-12(8-11)15(17)18/h2-8,15,19H,9H2,1H3. The highest BCUT2D eigenvalue weighted by atomic mass is 35.5. The van der Waals surface area contributed by atoms with E-state index in [4.69, 9.17) is 11.6 Å². The number of nitrogens with one attached hydrogen (secondary N) is 1. The summed E-state index contributed by atoms with van der Waals surface area (Å²) in [7, 11) is 0. The predicted molar refractivity (Wildman–Crippen MR) is 74.9 cm³/mol. The molecule has 0 saturated carbocycles. The average Bonchev–Trinajstić information content (AvgIpc) is 2.41. The molecule has 2 aromatic rings. The van der Waals surface area contributed by atoms with Gasteiger partial charge in [0.15, 0.2) is 0 Å². The maximum atomic E-state index is 12.6. The zero-order chi connectivity index (χ0) is 13.8. The summed E-state index contributed by atoms with van der Waals surface area (Å²) in [4.78, 5) is 0. The first-order chi connectivity index (χ1) is 9.08. The number of halogens is 3. The van der Waals surface area contributed by atoms with Gasteiger partial charge in [0, 0.05) is 22.8 Å². The van der Waals surface area contributed by atoms with Crippen molar-refractivity contribution >= 4 is 17.3 Å². The molecule has 4 heteroatoms. The van der Waals surface area contributed by atoms with Crippen molar-refractivity contribution < 1.29 is 8.78 Å². The van der Waals surface area contributed by atoms with Gasteiger partial charge in [0.2, 0.25) is 0 Å². The summed E-state index contributed by atoms with van der Waals surface area (Å²) < 4.78 is 25.2. The highest BCUT2D eigenvalue weighted by molar-refractivity contribution is 6.31. The second-order valence-corrected chi connectivity index (χ2v) is 4.72. The van der Waals surface area contributed by atoms with Gasteiger partial charge in [0.1, 0.15) is 0 Å². The fourth-order valence-corrected chi connectivity index (χ4v) is 2.01. The Morgan fingerprint density at radius 2 is 1.89 bits per heavy atom. The van der Waals surface area contributed by atoms with Crippen molar-refractivity contribution in [2.24, 2.45) is 0 Å². The zero-order valence-electron chi connectivity index (χ0n) is 10.5. The first kappa shape index (κ1) is 13.8. The van der Waals surface area contributed by atoms with Crippen molar-refractivity contribution in [3.63, 3.8) is 0 Å². The lowest BCUT2D eigenvalue weighted by atomic mass is 10.1. The fourth-order valence-electron chi connectivity index (χ4n) is 1.84. The van der Waals surface area contributed by atoms with Crippen LogP contribution in [0.4, 0.5) is 14.5 Å². The lowest BCUT2D eigenvalue weighted by Gasteiger charge is -2.11. The van der Waals surface area contributed by atoms with E-state index in [2.05, 4.69) is 5.32 Å². The molecular formula is C15H14ClF2N. The van der Waals surface area contributed by atoms with Crippen LogP contribution in [0.15, 0.2) is 42.5 Å². The average molecular weight is 282 g/mol. The number of rotatable bonds is 4. The minimum Gasteiger partial charge on any atom is -0.381 e. The highest BCUT2D eigenvalue weighted by Gasteiger charge is 2.07. The molecule has 2 rings (SSSR count). The Kier molecular flexibility index (Phi) is 4.38. The van der Waals surface area contributed by atoms with Gasteiger partial charge in [-0.2, -0.15) is 0 Å². The molecule has 0 radical (unpaired) electrons. The summed E-state index contributed by atoms with van der Waals surface area (Å²) in [5, 5.41) is 3.89. The molecule has 1 N–H and O–H groups in total. The van der Waals surface area contributed by atoms with Gasteiger partial charge in [-0.15, -0.1) is 0 Å². The molecule has 0 aromatic heterocycles. The fraction of sp³-hybridized carbons (Fsp3) is 0.200. The summed E-state index contributed by atoms with van der Waals surface area (Å²) >= 11 is 6.02. The van der Waals surface area contributed by atoms with Crippen molar-refractivity contribution in [3.8, 4) is 0 Å². The van der Waals surface area contributed by atoms with Crippen molar-refractivity contribution in [1.82, 2.24) is 0 Å². The SMILES string of the molecule is Cc1c(Cl)cccc1NCc1cccc(C(F)F)c1. The van der Waals surface area contributed by atoms with Gasteiger partial charge in [-0.1, -0.05) is 35.9 Å². The van der Waals surface area contributed by atoms with E-state index in [0.717, 1.165) is 16.8 Å². The van der Waals surface area contributed by atoms with Gasteiger partial charge < -0.3 is 5.32 Å². The van der Waals surface area contributed by atoms with E-state index in [1.54, 1.807) is 6.07 Å². The second-order valence-electron chi connectivity index (χ2n) is 4.31. The number of anilines is 1. The van der Waals surface area contributed by atoms with Crippen LogP contribution in [0, 0.1) is 6.92 Å². The third-order valence-electron chi connectivity index (χ3n) is 2.95. The molecule has 19 heavy (non-hydrogen) atoms. The Hall–Kier alpha value is -1.61. The third-order valence-corrected chi connectivity index (χ3v) is 3.36. The molecule has 0 unspecified atom stereocenters. The molecule has 0 atom stereocenters. The van der Waals surface area contributed by atoms with Gasteiger partial charge in [-0.25, -0.2) is 8.78 Å². The minimum atomic E-state index is -2.44. The molecule has 0 aliphatic rings. The van der Waals surface area contributed by atoms with E-state index >= 15 is 0 Å². The summed E-state index contributed by atoms with van der Waals surface area (Å²) in [5.41, 5.74) is 2.73. The lowest BCUT2D eigenvalue weighted by Crippen LogP contribution is -2.01. The van der Waals surface area contributed by atoms with E-state index in [1.165, 1.54) is 12.1 Å². The van der Waals surface area contributed by atoms with Crippen LogP contribution in [0.25, 0.3) is 0 Å². The Labute approximate surface area is 116 Å². The molecule has 0 saturated heterocycles. The molecule has 0 aliphatic heterocycles. The Balaban J connectivity index is 2.10. The molecule has 1 nitrogen and oxygen atoms in total. The summed E-state index contributed by atoms with van der Waals surface area (Å²) in [6, 6.07) is 12.0. The molecule has 0 spiro atoms. The van der Waals surface area contributed by atoms with Gasteiger partial charge in [-0.3, -0.25) is 0 Å². The van der Waals surface area contributed by atoms with E-state index < -0.39 is 6.43 Å². The first-order valence-electron chi connectivity index (χ1n) is 5.94. The molecule has 0 fully saturated rings. The van der Waals surface area contributed by atoms with Crippen LogP contribution in [-0.4, -0.2) is 0 Å². The van der Waals surface area contributed by atoms with Crippen LogP contribution in [-0.2, 0) is 6.54 Å². The van der Waals surface area contributed by atoms with Crippen LogP contribution in [0.3, 0.4) is 0 Å². The largest absolute Gasteiger partial charge is 0.381 e. The van der Waals surface area contributed by atoms with Crippen LogP contribution in [0.2, 0.25) is 5.02 Å². The van der Waals surface area contributed by atoms with Crippen molar-refractivity contribution in [2.75, 3.05) is 5.32 Å². The lowest BCUT2D eigenvalue weighted by molar-refractivity contribution is 0.151. The van der Waals surface area contributed by atoms with Gasteiger partial charge >= 0.3 is 0 Å². The zero-order valence-corrected chi connectivity index (χ0v) is 11.2. The molecule has 0 bridgehead atoms. The maximum absolute atomic E-state index is 12.6. The predicted octanol–water partition coefficient (Wildman–Crippen LogP) is 5.20. The Bertz CT molecular complexity index is 570. The number of alkyl halides is 2. The van der Waals surface area contributed by atoms with Crippen molar-refractivity contribution in [3.05, 3.63) is 64.2 Å². The van der Waals surface area contributed by atoms with Crippen LogP contribution < -0.4 is 5.32 Å². The maximum Gasteiger partial charge on any atom is 0.263 e. The molecular weight excluding hydrogens is 268 g/mol. The summed E-state index contributed by atoms with van der Waals surface area (Å²) in [5.74, 6) is 0. The van der Waals surface area contributed by atoms with Crippen molar-refractivity contribution in [2.45, 2.75) is 19.9 Å². The van der Waals surface area contributed by atoms with Crippen LogP contribution in [0.1, 0.15) is 23.1 Å². The normalized spacial score (nSPS) is 10.8. The van der Waals surface area contributed by atoms with Crippen molar-refractivity contribution in [1.29, 1.82) is 0 Å². The second kappa shape index (κ2) is 6.02. The van der Waals surface area contributed by atoms with Crippen LogP contribution >= 0.6 is 11.6 Å². The van der Waals surface area contributed by atoms with Gasteiger partial charge in [0.05, 0.1) is 0 Å². The Morgan fingerprint density at radius 3 is 2.63 bits per heavy atom. The molecule has 0 heterocycles. The van der Waals surface area contributed by atoms with E-state index in [-0.39, 0.29) is 5.56 Å². The third kappa shape index (κ3) is 3.44. The van der Waals surface area contributed by atoms with E-state index in [9.17, 15) is 8.78 Å². The smallest absolute Gasteiger partial charge is 0.263 e. The van der Waals surface area contributed by atoms with Gasteiger partial charge in [-0.05, 0) is 36.2 Å². The quantitative estimate of drug-likeness (QED) is 0.812. The Morgan fingerprint density at radius 1 is 1.16 bits per heavy atom. The number of hydrogen-bond donors (Lipinski definition) is 1. The molecule has 0 aliphatic carbocycles. The monoisotopic (exact) mass is 281 g/mol. The summed E-state index contributed by atoms with van der Waals surface area (Å²) in [6.45, 7) is 2.40. The highest BCUT2D eigenvalue weighted by Crippen LogP contribution is 2.24. The van der Waals surface area contributed by atoms with Crippen LogP contribution in [0.5, 0.6) is 0 Å². The van der Waals surface area contributed by atoms with E-state index in [1.807, 2.05) is 31.2 Å². The minimum absolute atomic E-state index is 0.0436. The topological polar surface area (TPSA) is 12.0 Å². The van der Waals surface area contributed by atoms with Gasteiger partial charge in [0.25, 0.3) is 6.43 Å². The molecule has 100 valence electrons. The first-order valence-corrected chi connectivity index (χ1v) is 6.31. The molecule has 0 amide bonds. The van der Waals surface area contributed by atoms with E-state index in [0.29, 0.717) is 11.6 Å².